The monoisotopic (exact) mass is 512 g/mol. The van der Waals surface area contributed by atoms with Crippen LogP contribution in [0.4, 0.5) is 0 Å². The summed E-state index contributed by atoms with van der Waals surface area (Å²) in [5, 5.41) is 3.42. The second-order valence-corrected chi connectivity index (χ2v) is 10.7. The first-order valence-electron chi connectivity index (χ1n) is 10.3. The number of hydrogen-bond acceptors (Lipinski definition) is 0. The van der Waals surface area contributed by atoms with Crippen molar-refractivity contribution in [2.45, 2.75) is 59.8 Å². The fourth-order valence-corrected chi connectivity index (χ4v) is 7.42. The van der Waals surface area contributed by atoms with E-state index in [2.05, 4.69) is 90.6 Å². The number of hydrogen-bond donors (Lipinski definition) is 0. The molecule has 0 fully saturated rings. The first-order valence-corrected chi connectivity index (χ1v) is 12.5. The SMILES string of the molecule is CCCCCC1=C(c2ccccc2)[C]([Ti+3])=C([SiH2]c2c(C)cc(C)cc2C)C1.[Cl-].[Cl-].[Cl-]. The number of allylic oxidation sites excluding steroid dienone is 4. The summed E-state index contributed by atoms with van der Waals surface area (Å²) >= 11 is 2.39. The first-order chi connectivity index (χ1) is 13.0. The largest absolute Gasteiger partial charge is 1.00 e. The topological polar surface area (TPSA) is 0 Å². The third-order valence-electron chi connectivity index (χ3n) is 5.76. The second kappa shape index (κ2) is 14.0. The van der Waals surface area contributed by atoms with E-state index in [1.54, 1.807) is 25.4 Å². The van der Waals surface area contributed by atoms with Gasteiger partial charge < -0.3 is 37.2 Å². The van der Waals surface area contributed by atoms with Gasteiger partial charge in [-0.25, -0.2) is 0 Å². The summed E-state index contributed by atoms with van der Waals surface area (Å²) < 4.78 is 1.58. The normalized spacial score (nSPS) is 13.4. The van der Waals surface area contributed by atoms with Gasteiger partial charge >= 0.3 is 180 Å². The smallest absolute Gasteiger partial charge is 1.00 e. The molecule has 0 radical (unpaired) electrons. The van der Waals surface area contributed by atoms with Crippen LogP contribution in [-0.2, 0) is 20.4 Å². The molecule has 0 spiro atoms. The quantitative estimate of drug-likeness (QED) is 0.268. The summed E-state index contributed by atoms with van der Waals surface area (Å²) in [6, 6.07) is 15.8. The Morgan fingerprint density at radius 2 is 1.50 bits per heavy atom. The van der Waals surface area contributed by atoms with E-state index in [0.29, 0.717) is 0 Å². The van der Waals surface area contributed by atoms with Crippen LogP contribution in [0.2, 0.25) is 0 Å². The maximum atomic E-state index is 2.39. The second-order valence-electron chi connectivity index (χ2n) is 8.01. The number of rotatable bonds is 7. The van der Waals surface area contributed by atoms with Crippen molar-refractivity contribution in [2.24, 2.45) is 0 Å². The van der Waals surface area contributed by atoms with Crippen LogP contribution in [0.25, 0.3) is 5.57 Å². The van der Waals surface area contributed by atoms with Crippen molar-refractivity contribution in [1.29, 1.82) is 0 Å². The zero-order valence-corrected chi connectivity index (χ0v) is 23.7. The number of halogens is 3. The summed E-state index contributed by atoms with van der Waals surface area (Å²) in [7, 11) is -0.415. The van der Waals surface area contributed by atoms with Crippen molar-refractivity contribution in [2.75, 3.05) is 0 Å². The maximum Gasteiger partial charge on any atom is -1.00 e. The molecule has 0 heterocycles. The molecule has 0 unspecified atom stereocenters. The Morgan fingerprint density at radius 3 is 2.07 bits per heavy atom. The molecule has 5 heteroatoms. The first kappa shape index (κ1) is 29.7. The minimum atomic E-state index is -0.415. The average molecular weight is 514 g/mol. The van der Waals surface area contributed by atoms with Crippen molar-refractivity contribution in [3.63, 3.8) is 0 Å². The third kappa shape index (κ3) is 7.12. The Hall–Kier alpha value is -0.279. The van der Waals surface area contributed by atoms with Gasteiger partial charge in [0, 0.05) is 0 Å². The summed E-state index contributed by atoms with van der Waals surface area (Å²) in [5.41, 5.74) is 9.07. The van der Waals surface area contributed by atoms with Crippen LogP contribution in [0.5, 0.6) is 0 Å². The molecule has 3 rings (SSSR count). The number of unbranched alkanes of at least 4 members (excludes halogenated alkanes) is 2. The molecule has 0 atom stereocenters. The van der Waals surface area contributed by atoms with E-state index in [0.717, 1.165) is 0 Å². The third-order valence-corrected chi connectivity index (χ3v) is 9.75. The van der Waals surface area contributed by atoms with Crippen molar-refractivity contribution < 1.29 is 57.7 Å². The van der Waals surface area contributed by atoms with E-state index in [1.165, 1.54) is 54.4 Å². The molecule has 0 aromatic heterocycles. The molecule has 30 heavy (non-hydrogen) atoms. The van der Waals surface area contributed by atoms with Crippen LogP contribution >= 0.6 is 0 Å². The Bertz CT molecular complexity index is 866. The fourth-order valence-electron chi connectivity index (χ4n) is 4.40. The fraction of sp³-hybridized carbons (Fsp3) is 0.360. The molecule has 2 aromatic rings. The Labute approximate surface area is 215 Å². The van der Waals surface area contributed by atoms with Gasteiger partial charge in [0.2, 0.25) is 0 Å². The zero-order valence-electron chi connectivity index (χ0n) is 18.4. The van der Waals surface area contributed by atoms with E-state index >= 15 is 0 Å². The van der Waals surface area contributed by atoms with Crippen LogP contribution in [0, 0.1) is 20.8 Å². The molecule has 0 aliphatic heterocycles. The minimum Gasteiger partial charge on any atom is -1.00 e. The van der Waals surface area contributed by atoms with E-state index < -0.39 is 9.52 Å². The van der Waals surface area contributed by atoms with Crippen LogP contribution < -0.4 is 42.4 Å². The molecule has 2 aromatic carbocycles. The van der Waals surface area contributed by atoms with E-state index in [4.69, 9.17) is 0 Å². The molecular weight excluding hydrogens is 483 g/mol. The number of aryl methyl sites for hydroxylation is 3. The van der Waals surface area contributed by atoms with Gasteiger partial charge in [0.05, 0.1) is 0 Å². The van der Waals surface area contributed by atoms with Crippen molar-refractivity contribution >= 4 is 20.3 Å². The van der Waals surface area contributed by atoms with E-state index in [-0.39, 0.29) is 37.2 Å². The predicted octanol–water partition coefficient (Wildman–Crippen LogP) is -3.39. The van der Waals surface area contributed by atoms with Crippen molar-refractivity contribution in [3.8, 4) is 0 Å². The van der Waals surface area contributed by atoms with Crippen LogP contribution in [-0.4, -0.2) is 9.52 Å². The van der Waals surface area contributed by atoms with Crippen LogP contribution in [0.15, 0.2) is 57.1 Å². The molecular formula is C25H31Cl3SiTi. The molecule has 1 aliphatic rings. The Morgan fingerprint density at radius 1 is 0.900 bits per heavy atom. The van der Waals surface area contributed by atoms with Gasteiger partial charge in [-0.3, -0.25) is 0 Å². The van der Waals surface area contributed by atoms with Gasteiger partial charge in [0.1, 0.15) is 0 Å². The van der Waals surface area contributed by atoms with Gasteiger partial charge in [-0.05, 0) is 0 Å². The predicted molar refractivity (Wildman–Crippen MR) is 118 cm³/mol. The Balaban J connectivity index is 0.00000280. The summed E-state index contributed by atoms with van der Waals surface area (Å²) in [4.78, 5) is 0. The maximum absolute atomic E-state index is 2.39. The molecule has 0 nitrogen and oxygen atoms in total. The van der Waals surface area contributed by atoms with Gasteiger partial charge in [-0.15, -0.1) is 0 Å². The summed E-state index contributed by atoms with van der Waals surface area (Å²) in [6.07, 6.45) is 6.45. The zero-order chi connectivity index (χ0) is 19.4. The van der Waals surface area contributed by atoms with Crippen LogP contribution in [0.3, 0.4) is 0 Å². The molecule has 0 amide bonds. The molecule has 0 saturated heterocycles. The van der Waals surface area contributed by atoms with Gasteiger partial charge in [-0.2, -0.15) is 0 Å². The summed E-state index contributed by atoms with van der Waals surface area (Å²) in [5.74, 6) is 0. The van der Waals surface area contributed by atoms with Crippen molar-refractivity contribution in [1.82, 2.24) is 0 Å². The van der Waals surface area contributed by atoms with Gasteiger partial charge in [0.25, 0.3) is 0 Å². The standard InChI is InChI=1S/C25H31Si.3ClH.Ti/c1-5-6-8-13-22-16-23(17-24(22)21-11-9-7-10-12-21)26-25-19(3)14-18(2)15-20(25)4;;;;/h7,9-12,14-15H,5-6,8,13,16,26H2,1-4H3;3*1H;/q;;;;+3/p-3. The van der Waals surface area contributed by atoms with Crippen LogP contribution in [0.1, 0.15) is 61.3 Å². The molecule has 1 aliphatic carbocycles. The minimum absolute atomic E-state index is 0. The van der Waals surface area contributed by atoms with Gasteiger partial charge in [-0.1, -0.05) is 0 Å². The molecule has 0 N–H and O–H groups in total. The average Bonchev–Trinajstić information content (AvgIpc) is 2.94. The van der Waals surface area contributed by atoms with E-state index in [9.17, 15) is 0 Å². The summed E-state index contributed by atoms with van der Waals surface area (Å²) in [6.45, 7) is 9.12. The van der Waals surface area contributed by atoms with E-state index in [1.807, 2.05) is 0 Å². The van der Waals surface area contributed by atoms with Gasteiger partial charge in [0.15, 0.2) is 0 Å². The molecule has 0 bridgehead atoms. The van der Waals surface area contributed by atoms with Crippen molar-refractivity contribution in [3.05, 3.63) is 79.4 Å². The number of benzene rings is 2. The molecule has 160 valence electrons. The molecule has 0 saturated carbocycles. The Kier molecular flexibility index (Phi) is 13.9.